The van der Waals surface area contributed by atoms with Gasteiger partial charge in [-0.3, -0.25) is 9.20 Å². The fourth-order valence-electron chi connectivity index (χ4n) is 3.76. The van der Waals surface area contributed by atoms with Crippen LogP contribution in [0.2, 0.25) is 0 Å². The molecule has 0 radical (unpaired) electrons. The Hall–Kier alpha value is -4.21. The number of aryl methyl sites for hydroxylation is 2. The van der Waals surface area contributed by atoms with Crippen LogP contribution in [0.1, 0.15) is 33.4 Å². The van der Waals surface area contributed by atoms with Crippen LogP contribution in [0, 0.1) is 13.8 Å². The van der Waals surface area contributed by atoms with Crippen molar-refractivity contribution in [1.82, 2.24) is 24.4 Å². The Morgan fingerprint density at radius 2 is 2.00 bits per heavy atom. The third-order valence-electron chi connectivity index (χ3n) is 5.75. The summed E-state index contributed by atoms with van der Waals surface area (Å²) in [6.07, 6.45) is 3.02. The fraction of sp³-hybridized carbons (Fsp3) is 0.261. The van der Waals surface area contributed by atoms with Gasteiger partial charge in [-0.2, -0.15) is 4.98 Å². The maximum Gasteiger partial charge on any atom is 0.409 e. The summed E-state index contributed by atoms with van der Waals surface area (Å²) in [5, 5.41) is 7.04. The van der Waals surface area contributed by atoms with Crippen molar-refractivity contribution in [3.05, 3.63) is 65.4 Å². The zero-order valence-electron chi connectivity index (χ0n) is 18.4. The minimum atomic E-state index is -0.369. The molecule has 33 heavy (non-hydrogen) atoms. The van der Waals surface area contributed by atoms with Crippen LogP contribution in [-0.4, -0.2) is 56.6 Å². The quantitative estimate of drug-likeness (QED) is 0.511. The largest absolute Gasteiger partial charge is 0.453 e. The van der Waals surface area contributed by atoms with Crippen LogP contribution in [0.25, 0.3) is 17.0 Å². The number of aromatic nitrogens is 4. The third kappa shape index (κ3) is 3.79. The molecule has 5 rings (SSSR count). The van der Waals surface area contributed by atoms with Gasteiger partial charge in [-0.25, -0.2) is 9.78 Å². The van der Waals surface area contributed by atoms with Gasteiger partial charge in [0.2, 0.25) is 11.7 Å². The second-order valence-corrected chi connectivity index (χ2v) is 8.09. The highest BCUT2D eigenvalue weighted by atomic mass is 16.5. The second kappa shape index (κ2) is 8.05. The number of likely N-dealkylation sites (tertiary alicyclic amines) is 1. The number of nitrogens with zero attached hydrogens (tertiary/aromatic N) is 5. The minimum absolute atomic E-state index is 0.0197. The van der Waals surface area contributed by atoms with Gasteiger partial charge < -0.3 is 19.5 Å². The number of rotatable bonds is 4. The Kier molecular flexibility index (Phi) is 5.04. The molecule has 1 saturated heterocycles. The lowest BCUT2D eigenvalue weighted by molar-refractivity contribution is 0.0804. The first-order chi connectivity index (χ1) is 15.9. The summed E-state index contributed by atoms with van der Waals surface area (Å²) in [5.74, 6) is 0.603. The first-order valence-corrected chi connectivity index (χ1v) is 10.5. The van der Waals surface area contributed by atoms with Crippen molar-refractivity contribution in [2.24, 2.45) is 0 Å². The number of methoxy groups -OCH3 is 1. The molecule has 0 spiro atoms. The van der Waals surface area contributed by atoms with Crippen LogP contribution < -0.4 is 5.32 Å². The summed E-state index contributed by atoms with van der Waals surface area (Å²) in [6, 6.07) is 9.43. The zero-order valence-corrected chi connectivity index (χ0v) is 18.4. The number of ether oxygens (including phenoxy) is 1. The van der Waals surface area contributed by atoms with Crippen LogP contribution >= 0.6 is 0 Å². The Morgan fingerprint density at radius 3 is 2.79 bits per heavy atom. The van der Waals surface area contributed by atoms with Crippen LogP contribution in [0.15, 0.2) is 47.2 Å². The number of carbonyl (C=O) groups is 2. The van der Waals surface area contributed by atoms with E-state index in [1.807, 2.05) is 50.4 Å². The first-order valence-electron chi connectivity index (χ1n) is 10.5. The molecule has 1 aliphatic rings. The van der Waals surface area contributed by atoms with E-state index in [9.17, 15) is 9.59 Å². The SMILES string of the molecule is COC(=O)N1CC(c2nc(-c3ccc(C)c(NC(=O)c4cnc5cc(C)ccn45)c3)no2)C1. The number of hydrogen-bond donors (Lipinski definition) is 1. The van der Waals surface area contributed by atoms with Crippen molar-refractivity contribution < 1.29 is 18.8 Å². The Bertz CT molecular complexity index is 1370. The maximum absolute atomic E-state index is 13.0. The number of hydrogen-bond acceptors (Lipinski definition) is 7. The molecule has 0 aliphatic carbocycles. The van der Waals surface area contributed by atoms with E-state index in [-0.39, 0.29) is 17.9 Å². The van der Waals surface area contributed by atoms with Crippen LogP contribution in [0.3, 0.4) is 0 Å². The predicted octanol–water partition coefficient (Wildman–Crippen LogP) is 3.42. The predicted molar refractivity (Wildman–Crippen MR) is 119 cm³/mol. The summed E-state index contributed by atoms with van der Waals surface area (Å²) in [4.78, 5) is 34.9. The second-order valence-electron chi connectivity index (χ2n) is 8.09. The van der Waals surface area contributed by atoms with Gasteiger partial charge in [0.15, 0.2) is 0 Å². The first kappa shape index (κ1) is 20.7. The van der Waals surface area contributed by atoms with E-state index >= 15 is 0 Å². The summed E-state index contributed by atoms with van der Waals surface area (Å²) in [5.41, 5.74) is 4.48. The van der Waals surface area contributed by atoms with Gasteiger partial charge in [0.25, 0.3) is 5.91 Å². The monoisotopic (exact) mass is 446 g/mol. The van der Waals surface area contributed by atoms with E-state index in [2.05, 4.69) is 20.4 Å². The van der Waals surface area contributed by atoms with E-state index in [0.717, 1.165) is 11.1 Å². The molecule has 0 bridgehead atoms. The Labute approximate surface area is 189 Å². The van der Waals surface area contributed by atoms with Gasteiger partial charge in [0.1, 0.15) is 11.3 Å². The van der Waals surface area contributed by atoms with E-state index in [1.165, 1.54) is 7.11 Å². The molecule has 168 valence electrons. The van der Waals surface area contributed by atoms with Crippen LogP contribution in [0.5, 0.6) is 0 Å². The Balaban J connectivity index is 1.34. The normalized spacial score (nSPS) is 13.7. The highest BCUT2D eigenvalue weighted by Crippen LogP contribution is 2.29. The van der Waals surface area contributed by atoms with Crippen molar-refractivity contribution in [2.45, 2.75) is 19.8 Å². The maximum atomic E-state index is 13.0. The lowest BCUT2D eigenvalue weighted by Gasteiger charge is -2.35. The molecule has 1 aliphatic heterocycles. The molecule has 3 aromatic heterocycles. The molecule has 1 N–H and O–H groups in total. The summed E-state index contributed by atoms with van der Waals surface area (Å²) >= 11 is 0. The van der Waals surface area contributed by atoms with E-state index in [4.69, 9.17) is 9.26 Å². The molecule has 0 saturated carbocycles. The molecular weight excluding hydrogens is 424 g/mol. The average molecular weight is 446 g/mol. The topological polar surface area (TPSA) is 115 Å². The Morgan fingerprint density at radius 1 is 1.18 bits per heavy atom. The van der Waals surface area contributed by atoms with E-state index < -0.39 is 0 Å². The van der Waals surface area contributed by atoms with Crippen LogP contribution in [0.4, 0.5) is 10.5 Å². The van der Waals surface area contributed by atoms with Crippen molar-refractivity contribution in [3.8, 4) is 11.4 Å². The van der Waals surface area contributed by atoms with Gasteiger partial charge in [-0.1, -0.05) is 17.3 Å². The highest BCUT2D eigenvalue weighted by molar-refractivity contribution is 6.04. The molecule has 2 amide bonds. The van der Waals surface area contributed by atoms with Gasteiger partial charge >= 0.3 is 6.09 Å². The van der Waals surface area contributed by atoms with Gasteiger partial charge in [-0.05, 0) is 43.2 Å². The smallest absolute Gasteiger partial charge is 0.409 e. The van der Waals surface area contributed by atoms with Crippen molar-refractivity contribution in [1.29, 1.82) is 0 Å². The van der Waals surface area contributed by atoms with E-state index in [1.54, 1.807) is 15.5 Å². The number of amides is 2. The molecule has 1 aromatic carbocycles. The minimum Gasteiger partial charge on any atom is -0.453 e. The lowest BCUT2D eigenvalue weighted by atomic mass is 10.0. The van der Waals surface area contributed by atoms with Gasteiger partial charge in [0, 0.05) is 30.5 Å². The number of benzene rings is 1. The third-order valence-corrected chi connectivity index (χ3v) is 5.75. The zero-order chi connectivity index (χ0) is 23.1. The lowest BCUT2D eigenvalue weighted by Crippen LogP contribution is -2.48. The number of fused-ring (bicyclic) bond motifs is 1. The van der Waals surface area contributed by atoms with Crippen molar-refractivity contribution in [2.75, 3.05) is 25.5 Å². The average Bonchev–Trinajstić information content (AvgIpc) is 3.41. The number of imidazole rings is 1. The number of nitrogens with one attached hydrogen (secondary N) is 1. The number of carbonyl (C=O) groups excluding carboxylic acids is 2. The number of pyridine rings is 1. The fourth-order valence-corrected chi connectivity index (χ4v) is 3.76. The van der Waals surface area contributed by atoms with Gasteiger partial charge in [-0.15, -0.1) is 0 Å². The highest BCUT2D eigenvalue weighted by Gasteiger charge is 2.36. The van der Waals surface area contributed by atoms with Crippen molar-refractivity contribution >= 4 is 23.3 Å². The van der Waals surface area contributed by atoms with Gasteiger partial charge in [0.05, 0.1) is 19.2 Å². The standard InChI is InChI=1S/C23H22N6O4/c1-13-6-7-29-18(10-24-19(29)8-13)21(30)25-17-9-15(5-4-14(17)2)20-26-22(33-27-20)16-11-28(12-16)23(31)32-3/h4-10,16H,11-12H2,1-3H3,(H,25,30). The summed E-state index contributed by atoms with van der Waals surface area (Å²) < 4.78 is 11.9. The summed E-state index contributed by atoms with van der Waals surface area (Å²) in [7, 11) is 1.35. The summed E-state index contributed by atoms with van der Waals surface area (Å²) in [6.45, 7) is 4.84. The number of anilines is 1. The molecule has 0 atom stereocenters. The molecule has 0 unspecified atom stereocenters. The van der Waals surface area contributed by atoms with Crippen LogP contribution in [-0.2, 0) is 4.74 Å². The molecule has 10 heteroatoms. The molecular formula is C23H22N6O4. The molecule has 10 nitrogen and oxygen atoms in total. The molecule has 4 aromatic rings. The molecule has 1 fully saturated rings. The van der Waals surface area contributed by atoms with E-state index in [0.29, 0.717) is 47.4 Å². The molecule has 4 heterocycles. The van der Waals surface area contributed by atoms with Crippen molar-refractivity contribution in [3.63, 3.8) is 0 Å².